The van der Waals surface area contributed by atoms with E-state index < -0.39 is 5.25 Å². The minimum Gasteiger partial charge on any atom is -0.497 e. The minimum absolute atomic E-state index is 0.213. The number of methoxy groups -OCH3 is 1. The lowest BCUT2D eigenvalue weighted by Crippen LogP contribution is -2.27. The monoisotopic (exact) mass is 589 g/mol. The number of hydrogen-bond acceptors (Lipinski definition) is 6. The largest absolute Gasteiger partial charge is 0.497 e. The number of nitriles is 1. The molecule has 0 aliphatic heterocycles. The Balaban J connectivity index is 1.51. The molecule has 1 atom stereocenters. The molecule has 8 nitrogen and oxygen atoms in total. The molecule has 1 amide bonds. The molecule has 0 spiro atoms. The summed E-state index contributed by atoms with van der Waals surface area (Å²) < 4.78 is 8.54. The van der Waals surface area contributed by atoms with Gasteiger partial charge in [-0.3, -0.25) is 14.3 Å². The van der Waals surface area contributed by atoms with Gasteiger partial charge in [-0.15, -0.1) is 0 Å². The van der Waals surface area contributed by atoms with E-state index in [1.807, 2.05) is 91.9 Å². The number of hydrogen-bond donors (Lipinski definition) is 1. The third kappa shape index (κ3) is 5.96. The van der Waals surface area contributed by atoms with Gasteiger partial charge in [-0.05, 0) is 68.8 Å². The lowest BCUT2D eigenvalue weighted by molar-refractivity contribution is -0.115. The summed E-state index contributed by atoms with van der Waals surface area (Å²) in [4.78, 5) is 31.7. The lowest BCUT2D eigenvalue weighted by atomic mass is 9.98. The molecule has 0 aliphatic carbocycles. The van der Waals surface area contributed by atoms with Crippen LogP contribution >= 0.6 is 11.8 Å². The number of rotatable bonds is 8. The molecule has 3 aromatic carbocycles. The van der Waals surface area contributed by atoms with Gasteiger partial charge in [0.05, 0.1) is 35.0 Å². The first-order valence-electron chi connectivity index (χ1n) is 13.7. The quantitative estimate of drug-likeness (QED) is 0.207. The zero-order valence-corrected chi connectivity index (χ0v) is 25.4. The highest BCUT2D eigenvalue weighted by atomic mass is 32.2. The standard InChI is InChI=1S/C34H31N5O3S/c1-21-11-13-24(14-12-21)28-19-30(25-15-17-27(42-5)18-16-25)36-33(29(28)20-35)43-23(3)32(40)37-31-22(2)38(4)39(34(31)41)26-9-7-6-8-10-26/h6-19,23H,1-5H3,(H,37,40). The third-order valence-electron chi connectivity index (χ3n) is 7.31. The molecular formula is C34H31N5O3S. The highest BCUT2D eigenvalue weighted by molar-refractivity contribution is 8.00. The number of thioether (sulfide) groups is 1. The first-order valence-corrected chi connectivity index (χ1v) is 14.6. The summed E-state index contributed by atoms with van der Waals surface area (Å²) >= 11 is 1.18. The number of para-hydroxylation sites is 1. The first-order chi connectivity index (χ1) is 20.7. The second kappa shape index (κ2) is 12.4. The number of benzene rings is 3. The molecule has 216 valence electrons. The van der Waals surface area contributed by atoms with Crippen LogP contribution in [0.2, 0.25) is 0 Å². The summed E-state index contributed by atoms with van der Waals surface area (Å²) in [7, 11) is 3.39. The maximum Gasteiger partial charge on any atom is 0.295 e. The van der Waals surface area contributed by atoms with Crippen LogP contribution in [0.4, 0.5) is 5.69 Å². The summed E-state index contributed by atoms with van der Waals surface area (Å²) in [5.41, 5.74) is 5.81. The summed E-state index contributed by atoms with van der Waals surface area (Å²) in [5.74, 6) is 0.354. The molecule has 9 heteroatoms. The van der Waals surface area contributed by atoms with Crippen molar-refractivity contribution in [2.75, 3.05) is 12.4 Å². The first kappa shape index (κ1) is 29.4. The van der Waals surface area contributed by atoms with Gasteiger partial charge < -0.3 is 10.1 Å². The number of amides is 1. The Labute approximate surface area is 254 Å². The number of aromatic nitrogens is 3. The Hall–Kier alpha value is -5.07. The zero-order chi connectivity index (χ0) is 30.7. The van der Waals surface area contributed by atoms with E-state index in [4.69, 9.17) is 9.72 Å². The third-order valence-corrected chi connectivity index (χ3v) is 8.39. The van der Waals surface area contributed by atoms with Crippen molar-refractivity contribution >= 4 is 23.4 Å². The van der Waals surface area contributed by atoms with E-state index in [0.717, 1.165) is 28.0 Å². The van der Waals surface area contributed by atoms with E-state index in [1.165, 1.54) is 16.4 Å². The Morgan fingerprint density at radius 2 is 1.65 bits per heavy atom. The summed E-state index contributed by atoms with van der Waals surface area (Å²) in [6.07, 6.45) is 0. The van der Waals surface area contributed by atoms with Gasteiger partial charge in [0.25, 0.3) is 5.56 Å². The normalized spacial score (nSPS) is 11.5. The highest BCUT2D eigenvalue weighted by Gasteiger charge is 2.24. The van der Waals surface area contributed by atoms with Crippen LogP contribution in [0.15, 0.2) is 94.7 Å². The highest BCUT2D eigenvalue weighted by Crippen LogP contribution is 2.36. The summed E-state index contributed by atoms with van der Waals surface area (Å²) in [5, 5.41) is 12.9. The zero-order valence-electron chi connectivity index (χ0n) is 24.6. The molecule has 0 aliphatic rings. The Kier molecular flexibility index (Phi) is 8.51. The van der Waals surface area contributed by atoms with Crippen LogP contribution < -0.4 is 15.6 Å². The SMILES string of the molecule is COc1ccc(-c2cc(-c3ccc(C)cc3)c(C#N)c(SC(C)C(=O)Nc3c(C)n(C)n(-c4ccccc4)c3=O)n2)cc1. The van der Waals surface area contributed by atoms with Gasteiger partial charge in [-0.2, -0.15) is 5.26 Å². The van der Waals surface area contributed by atoms with Gasteiger partial charge in [0, 0.05) is 18.2 Å². The Morgan fingerprint density at radius 1 is 1.00 bits per heavy atom. The smallest absolute Gasteiger partial charge is 0.295 e. The molecule has 5 aromatic rings. The van der Waals surface area contributed by atoms with E-state index in [2.05, 4.69) is 11.4 Å². The van der Waals surface area contributed by atoms with Gasteiger partial charge in [-0.25, -0.2) is 9.67 Å². The van der Waals surface area contributed by atoms with Crippen LogP contribution in [0.5, 0.6) is 5.75 Å². The predicted molar refractivity (Wildman–Crippen MR) is 171 cm³/mol. The fourth-order valence-corrected chi connectivity index (χ4v) is 5.67. The minimum atomic E-state index is -0.666. The van der Waals surface area contributed by atoms with Crippen LogP contribution in [0.25, 0.3) is 28.1 Å². The number of anilines is 1. The van der Waals surface area contributed by atoms with Crippen LogP contribution in [0.1, 0.15) is 23.7 Å². The molecule has 1 N–H and O–H groups in total. The van der Waals surface area contributed by atoms with Crippen molar-refractivity contribution in [3.8, 4) is 39.9 Å². The molecule has 0 bridgehead atoms. The topological polar surface area (TPSA) is 102 Å². The molecule has 2 heterocycles. The van der Waals surface area contributed by atoms with Gasteiger partial charge in [0.2, 0.25) is 5.91 Å². The van der Waals surface area contributed by atoms with Crippen LogP contribution in [0, 0.1) is 25.2 Å². The molecular weight excluding hydrogens is 558 g/mol. The molecule has 0 saturated heterocycles. The van der Waals surface area contributed by atoms with Crippen LogP contribution in [-0.2, 0) is 11.8 Å². The summed E-state index contributed by atoms with van der Waals surface area (Å²) in [6.45, 7) is 5.53. The van der Waals surface area contributed by atoms with Crippen molar-refractivity contribution in [1.29, 1.82) is 5.26 Å². The lowest BCUT2D eigenvalue weighted by Gasteiger charge is -2.16. The number of pyridine rings is 1. The maximum absolute atomic E-state index is 13.5. The van der Waals surface area contributed by atoms with Crippen molar-refractivity contribution in [1.82, 2.24) is 14.3 Å². The molecule has 1 unspecified atom stereocenters. The van der Waals surface area contributed by atoms with E-state index >= 15 is 0 Å². The van der Waals surface area contributed by atoms with E-state index in [0.29, 0.717) is 27.7 Å². The Morgan fingerprint density at radius 3 is 2.28 bits per heavy atom. The van der Waals surface area contributed by atoms with Crippen molar-refractivity contribution in [2.24, 2.45) is 7.05 Å². The molecule has 5 rings (SSSR count). The van der Waals surface area contributed by atoms with Gasteiger partial charge in [0.15, 0.2) is 0 Å². The van der Waals surface area contributed by atoms with Crippen molar-refractivity contribution < 1.29 is 9.53 Å². The van der Waals surface area contributed by atoms with Crippen molar-refractivity contribution in [3.05, 3.63) is 112 Å². The average molecular weight is 590 g/mol. The second-order valence-electron chi connectivity index (χ2n) is 10.1. The Bertz CT molecular complexity index is 1890. The number of aryl methyl sites for hydroxylation is 1. The van der Waals surface area contributed by atoms with Crippen LogP contribution in [-0.4, -0.2) is 32.6 Å². The van der Waals surface area contributed by atoms with Crippen molar-refractivity contribution in [3.63, 3.8) is 0 Å². The molecule has 0 radical (unpaired) electrons. The number of nitrogens with zero attached hydrogens (tertiary/aromatic N) is 4. The average Bonchev–Trinajstić information content (AvgIpc) is 3.24. The second-order valence-corrected chi connectivity index (χ2v) is 11.5. The molecule has 0 saturated carbocycles. The number of nitrogens with one attached hydrogen (secondary N) is 1. The number of carbonyl (C=O) groups excluding carboxylic acids is 1. The van der Waals surface area contributed by atoms with E-state index in [9.17, 15) is 14.9 Å². The fraction of sp³-hybridized carbons (Fsp3) is 0.176. The van der Waals surface area contributed by atoms with Crippen LogP contribution in [0.3, 0.4) is 0 Å². The number of ether oxygens (including phenoxy) is 1. The fourth-order valence-electron chi connectivity index (χ4n) is 4.74. The number of carbonyl (C=O) groups is 1. The summed E-state index contributed by atoms with van der Waals surface area (Å²) in [6, 6.07) is 29.0. The molecule has 2 aromatic heterocycles. The van der Waals surface area contributed by atoms with Crippen molar-refractivity contribution in [2.45, 2.75) is 31.0 Å². The maximum atomic E-state index is 13.5. The van der Waals surface area contributed by atoms with Gasteiger partial charge in [-0.1, -0.05) is 59.8 Å². The predicted octanol–water partition coefficient (Wildman–Crippen LogP) is 6.52. The molecule has 43 heavy (non-hydrogen) atoms. The van der Waals surface area contributed by atoms with Gasteiger partial charge >= 0.3 is 0 Å². The van der Waals surface area contributed by atoms with E-state index in [1.54, 1.807) is 32.7 Å². The van der Waals surface area contributed by atoms with Gasteiger partial charge in [0.1, 0.15) is 22.5 Å². The van der Waals surface area contributed by atoms with E-state index in [-0.39, 0.29) is 17.2 Å². The molecule has 0 fully saturated rings.